The Balaban J connectivity index is 2.48. The van der Waals surface area contributed by atoms with Gasteiger partial charge in [0.15, 0.2) is 0 Å². The van der Waals surface area contributed by atoms with Crippen molar-refractivity contribution in [2.45, 2.75) is 19.3 Å². The molecule has 2 rings (SSSR count). The average molecular weight is 418 g/mol. The zero-order valence-corrected chi connectivity index (χ0v) is 14.1. The Kier molecular flexibility index (Phi) is 5.39. The number of amides is 1. The summed E-state index contributed by atoms with van der Waals surface area (Å²) in [6.07, 6.45) is -10.1. The third-order valence-corrected chi connectivity index (χ3v) is 3.53. The number of hydrogen-bond donors (Lipinski definition) is 1. The van der Waals surface area contributed by atoms with E-state index in [9.17, 15) is 31.1 Å². The number of halogens is 8. The highest BCUT2D eigenvalue weighted by molar-refractivity contribution is 6.34. The SMILES string of the molecule is Cc1nc(Cl)nc(Cl)c1C(=O)Nc1cc(C(F)(F)F)cc(C(F)(F)F)c1. The molecule has 0 unspecified atom stereocenters. The third-order valence-electron chi connectivity index (χ3n) is 3.09. The van der Waals surface area contributed by atoms with Gasteiger partial charge in [0.25, 0.3) is 5.91 Å². The van der Waals surface area contributed by atoms with Crippen molar-refractivity contribution in [1.29, 1.82) is 0 Å². The van der Waals surface area contributed by atoms with Crippen LogP contribution < -0.4 is 5.32 Å². The predicted molar refractivity (Wildman–Crippen MR) is 81.2 cm³/mol. The maximum Gasteiger partial charge on any atom is 0.416 e. The van der Waals surface area contributed by atoms with Crippen molar-refractivity contribution in [3.63, 3.8) is 0 Å². The summed E-state index contributed by atoms with van der Waals surface area (Å²) in [7, 11) is 0. The first-order valence-corrected chi connectivity index (χ1v) is 7.35. The topological polar surface area (TPSA) is 54.9 Å². The fourth-order valence-electron chi connectivity index (χ4n) is 1.98. The van der Waals surface area contributed by atoms with Gasteiger partial charge in [-0.2, -0.15) is 26.3 Å². The van der Waals surface area contributed by atoms with E-state index >= 15 is 0 Å². The summed E-state index contributed by atoms with van der Waals surface area (Å²) >= 11 is 11.3. The summed E-state index contributed by atoms with van der Waals surface area (Å²) in [5.41, 5.74) is -4.20. The molecule has 12 heteroatoms. The van der Waals surface area contributed by atoms with Crippen LogP contribution in [0.3, 0.4) is 0 Å². The molecular formula is C14H7Cl2F6N3O. The van der Waals surface area contributed by atoms with E-state index in [1.807, 2.05) is 5.32 Å². The number of nitrogens with one attached hydrogen (secondary N) is 1. The molecule has 1 N–H and O–H groups in total. The van der Waals surface area contributed by atoms with Crippen molar-refractivity contribution in [3.8, 4) is 0 Å². The van der Waals surface area contributed by atoms with Crippen LogP contribution in [-0.4, -0.2) is 15.9 Å². The van der Waals surface area contributed by atoms with Crippen molar-refractivity contribution in [2.75, 3.05) is 5.32 Å². The number of rotatable bonds is 2. The molecule has 4 nitrogen and oxygen atoms in total. The largest absolute Gasteiger partial charge is 0.416 e. The number of hydrogen-bond acceptors (Lipinski definition) is 3. The fourth-order valence-corrected chi connectivity index (χ4v) is 2.54. The van der Waals surface area contributed by atoms with Crippen molar-refractivity contribution in [1.82, 2.24) is 9.97 Å². The van der Waals surface area contributed by atoms with E-state index in [4.69, 9.17) is 23.2 Å². The Morgan fingerprint density at radius 1 is 0.962 bits per heavy atom. The van der Waals surface area contributed by atoms with Gasteiger partial charge in [-0.25, -0.2) is 9.97 Å². The van der Waals surface area contributed by atoms with E-state index < -0.39 is 40.2 Å². The number of benzene rings is 1. The number of carbonyl (C=O) groups is 1. The average Bonchev–Trinajstić information content (AvgIpc) is 2.43. The molecular weight excluding hydrogens is 411 g/mol. The summed E-state index contributed by atoms with van der Waals surface area (Å²) in [5, 5.41) is 1.26. The molecule has 0 bridgehead atoms. The van der Waals surface area contributed by atoms with Crippen LogP contribution in [0.1, 0.15) is 27.2 Å². The van der Waals surface area contributed by atoms with Crippen LogP contribution in [0.25, 0.3) is 0 Å². The lowest BCUT2D eigenvalue weighted by Crippen LogP contribution is -2.18. The molecule has 0 atom stereocenters. The van der Waals surface area contributed by atoms with E-state index in [1.54, 1.807) is 0 Å². The zero-order valence-electron chi connectivity index (χ0n) is 12.6. The lowest BCUT2D eigenvalue weighted by atomic mass is 10.1. The minimum atomic E-state index is -5.04. The molecule has 0 aliphatic carbocycles. The standard InChI is InChI=1S/C14H7Cl2F6N3O/c1-5-9(10(15)25-12(16)23-5)11(26)24-8-3-6(13(17,18)19)2-7(4-8)14(20,21)22/h2-4H,1H3,(H,24,26). The maximum atomic E-state index is 12.8. The molecule has 0 aliphatic heterocycles. The summed E-state index contributed by atoms with van der Waals surface area (Å²) in [5.74, 6) is -1.09. The Bertz CT molecular complexity index is 811. The van der Waals surface area contributed by atoms with Gasteiger partial charge in [-0.1, -0.05) is 11.6 Å². The molecule has 26 heavy (non-hydrogen) atoms. The second-order valence-corrected chi connectivity index (χ2v) is 5.69. The third kappa shape index (κ3) is 4.55. The van der Waals surface area contributed by atoms with Crippen LogP contribution in [0.5, 0.6) is 0 Å². The first-order chi connectivity index (χ1) is 11.8. The molecule has 1 aromatic heterocycles. The Hall–Kier alpha value is -2.07. The molecule has 1 heterocycles. The Labute approximate surface area is 152 Å². The van der Waals surface area contributed by atoms with Gasteiger partial charge in [0.2, 0.25) is 5.28 Å². The Morgan fingerprint density at radius 3 is 1.88 bits per heavy atom. The number of nitrogens with zero attached hydrogens (tertiary/aromatic N) is 2. The van der Waals surface area contributed by atoms with Crippen LogP contribution in [0.4, 0.5) is 32.0 Å². The highest BCUT2D eigenvalue weighted by Crippen LogP contribution is 2.37. The smallest absolute Gasteiger partial charge is 0.322 e. The van der Waals surface area contributed by atoms with Crippen molar-refractivity contribution >= 4 is 34.8 Å². The summed E-state index contributed by atoms with van der Waals surface area (Å²) in [4.78, 5) is 19.4. The molecule has 1 aromatic carbocycles. The van der Waals surface area contributed by atoms with Gasteiger partial charge in [0.1, 0.15) is 5.15 Å². The molecule has 0 radical (unpaired) electrons. The highest BCUT2D eigenvalue weighted by Gasteiger charge is 2.37. The maximum absolute atomic E-state index is 12.8. The molecule has 0 spiro atoms. The lowest BCUT2D eigenvalue weighted by Gasteiger charge is -2.15. The van der Waals surface area contributed by atoms with E-state index in [0.29, 0.717) is 12.1 Å². The van der Waals surface area contributed by atoms with Crippen molar-refractivity contribution < 1.29 is 31.1 Å². The van der Waals surface area contributed by atoms with E-state index in [2.05, 4.69) is 9.97 Å². The van der Waals surface area contributed by atoms with Crippen LogP contribution in [0.15, 0.2) is 18.2 Å². The number of carbonyl (C=O) groups excluding carboxylic acids is 1. The molecule has 0 saturated carbocycles. The van der Waals surface area contributed by atoms with E-state index in [-0.39, 0.29) is 22.6 Å². The summed E-state index contributed by atoms with van der Waals surface area (Å²) < 4.78 is 77.0. The van der Waals surface area contributed by atoms with Gasteiger partial charge in [-0.15, -0.1) is 0 Å². The fraction of sp³-hybridized carbons (Fsp3) is 0.214. The summed E-state index contributed by atoms with van der Waals surface area (Å²) in [6, 6.07) is 0.680. The molecule has 0 aliphatic rings. The number of alkyl halides is 6. The van der Waals surface area contributed by atoms with Crippen LogP contribution in [0, 0.1) is 6.92 Å². The summed E-state index contributed by atoms with van der Waals surface area (Å²) in [6.45, 7) is 1.32. The predicted octanol–water partition coefficient (Wildman–Crippen LogP) is 5.38. The minimum absolute atomic E-state index is 0.00415. The van der Waals surface area contributed by atoms with Crippen molar-refractivity contribution in [3.05, 3.63) is 51.0 Å². The van der Waals surface area contributed by atoms with Gasteiger partial charge in [-0.3, -0.25) is 4.79 Å². The molecule has 2 aromatic rings. The number of anilines is 1. The number of aromatic nitrogens is 2. The van der Waals surface area contributed by atoms with Gasteiger partial charge in [-0.05, 0) is 36.7 Å². The Morgan fingerprint density at radius 2 is 1.46 bits per heavy atom. The first kappa shape index (κ1) is 20.2. The molecule has 1 amide bonds. The lowest BCUT2D eigenvalue weighted by molar-refractivity contribution is -0.143. The van der Waals surface area contributed by atoms with Gasteiger partial charge >= 0.3 is 12.4 Å². The normalized spacial score (nSPS) is 12.2. The second kappa shape index (κ2) is 6.92. The zero-order chi connectivity index (χ0) is 19.9. The van der Waals surface area contributed by atoms with Gasteiger partial charge < -0.3 is 5.32 Å². The van der Waals surface area contributed by atoms with Crippen LogP contribution in [0.2, 0.25) is 10.4 Å². The molecule has 140 valence electrons. The first-order valence-electron chi connectivity index (χ1n) is 6.59. The van der Waals surface area contributed by atoms with E-state index in [0.717, 1.165) is 0 Å². The van der Waals surface area contributed by atoms with Gasteiger partial charge in [0, 0.05) is 5.69 Å². The van der Waals surface area contributed by atoms with Gasteiger partial charge in [0.05, 0.1) is 22.4 Å². The van der Waals surface area contributed by atoms with Crippen LogP contribution in [-0.2, 0) is 12.4 Å². The second-order valence-electron chi connectivity index (χ2n) is 4.99. The molecule has 0 saturated heterocycles. The highest BCUT2D eigenvalue weighted by atomic mass is 35.5. The van der Waals surface area contributed by atoms with Crippen molar-refractivity contribution in [2.24, 2.45) is 0 Å². The van der Waals surface area contributed by atoms with Crippen LogP contribution >= 0.6 is 23.2 Å². The quantitative estimate of drug-likeness (QED) is 0.405. The van der Waals surface area contributed by atoms with E-state index in [1.165, 1.54) is 6.92 Å². The monoisotopic (exact) mass is 417 g/mol. The number of aryl methyl sites for hydroxylation is 1. The minimum Gasteiger partial charge on any atom is -0.322 e. The molecule has 0 fully saturated rings.